The number of carbonyl (C=O) groups is 1. The van der Waals surface area contributed by atoms with E-state index in [4.69, 9.17) is 14.7 Å². The second-order valence-electron chi connectivity index (χ2n) is 4.86. The minimum atomic E-state index is -0.470. The molecule has 1 aromatic carbocycles. The number of benzene rings is 1. The van der Waals surface area contributed by atoms with Crippen LogP contribution in [0.3, 0.4) is 0 Å². The molecule has 1 N–H and O–H groups in total. The van der Waals surface area contributed by atoms with Crippen molar-refractivity contribution in [3.05, 3.63) is 18.2 Å². The average Bonchev–Trinajstić information content (AvgIpc) is 2.56. The largest absolute Gasteiger partial charge is 0.492 e. The molecule has 0 saturated heterocycles. The summed E-state index contributed by atoms with van der Waals surface area (Å²) < 4.78 is 10.7. The van der Waals surface area contributed by atoms with Gasteiger partial charge in [0.1, 0.15) is 5.75 Å². The van der Waals surface area contributed by atoms with Crippen LogP contribution >= 0.6 is 0 Å². The van der Waals surface area contributed by atoms with Gasteiger partial charge in [-0.25, -0.2) is 4.79 Å². The van der Waals surface area contributed by atoms with E-state index in [-0.39, 0.29) is 0 Å². The molecule has 1 rings (SSSR count). The van der Waals surface area contributed by atoms with Gasteiger partial charge in [0.15, 0.2) is 0 Å². The normalized spacial score (nSPS) is 9.83. The Hall–Kier alpha value is -2.42. The maximum absolute atomic E-state index is 11.7. The third-order valence-electron chi connectivity index (χ3n) is 3.16. The highest BCUT2D eigenvalue weighted by molar-refractivity contribution is 5.86. The number of nitrogens with one attached hydrogen (secondary N) is 1. The lowest BCUT2D eigenvalue weighted by Gasteiger charge is -2.25. The van der Waals surface area contributed by atoms with Crippen molar-refractivity contribution in [2.75, 3.05) is 36.5 Å². The smallest absolute Gasteiger partial charge is 0.411 e. The van der Waals surface area contributed by atoms with Crippen molar-refractivity contribution in [3.63, 3.8) is 0 Å². The average molecular weight is 319 g/mol. The number of ether oxygens (including phenoxy) is 2. The summed E-state index contributed by atoms with van der Waals surface area (Å²) >= 11 is 0. The van der Waals surface area contributed by atoms with Crippen molar-refractivity contribution < 1.29 is 14.3 Å². The molecule has 0 heterocycles. The summed E-state index contributed by atoms with van der Waals surface area (Å²) in [6.07, 6.45) is 0.733. The monoisotopic (exact) mass is 319 g/mol. The van der Waals surface area contributed by atoms with Crippen molar-refractivity contribution in [2.45, 2.75) is 33.6 Å². The van der Waals surface area contributed by atoms with E-state index in [9.17, 15) is 4.79 Å². The predicted molar refractivity (Wildman–Crippen MR) is 91.0 cm³/mol. The maximum Gasteiger partial charge on any atom is 0.411 e. The van der Waals surface area contributed by atoms with Gasteiger partial charge >= 0.3 is 6.09 Å². The second kappa shape index (κ2) is 10.3. The number of nitriles is 1. The van der Waals surface area contributed by atoms with Gasteiger partial charge in [-0.1, -0.05) is 6.92 Å². The number of rotatable bonds is 9. The van der Waals surface area contributed by atoms with E-state index < -0.39 is 6.09 Å². The van der Waals surface area contributed by atoms with Crippen LogP contribution in [0.1, 0.15) is 33.6 Å². The molecule has 0 spiro atoms. The molecule has 0 bridgehead atoms. The first-order valence-corrected chi connectivity index (χ1v) is 7.98. The molecule has 1 aromatic rings. The highest BCUT2D eigenvalue weighted by atomic mass is 16.5. The molecule has 0 unspecified atom stereocenters. The zero-order valence-electron chi connectivity index (χ0n) is 14.1. The zero-order chi connectivity index (χ0) is 17.1. The number of carbonyl (C=O) groups excluding carboxylic acids is 1. The van der Waals surface area contributed by atoms with Gasteiger partial charge in [-0.2, -0.15) is 5.26 Å². The van der Waals surface area contributed by atoms with Crippen molar-refractivity contribution in [3.8, 4) is 11.8 Å². The molecule has 0 fully saturated rings. The molecule has 6 heteroatoms. The lowest BCUT2D eigenvalue weighted by Crippen LogP contribution is -2.24. The molecular formula is C17H25N3O3. The molecule has 0 aliphatic heterocycles. The van der Waals surface area contributed by atoms with Gasteiger partial charge in [-0.05, 0) is 38.5 Å². The Bertz CT molecular complexity index is 540. The SMILES string of the molecule is CCCOC(=O)Nc1ccc(OCC)c(N(CC)CCC#N)c1. The number of nitrogens with zero attached hydrogens (tertiary/aromatic N) is 2. The van der Waals surface area contributed by atoms with Gasteiger partial charge in [0.25, 0.3) is 0 Å². The van der Waals surface area contributed by atoms with E-state index >= 15 is 0 Å². The van der Waals surface area contributed by atoms with E-state index in [1.54, 1.807) is 6.07 Å². The van der Waals surface area contributed by atoms with Crippen molar-refractivity contribution in [2.24, 2.45) is 0 Å². The van der Waals surface area contributed by atoms with Crippen LogP contribution in [0.25, 0.3) is 0 Å². The maximum atomic E-state index is 11.7. The van der Waals surface area contributed by atoms with Crippen molar-refractivity contribution >= 4 is 17.5 Å². The highest BCUT2D eigenvalue weighted by Gasteiger charge is 2.13. The van der Waals surface area contributed by atoms with Gasteiger partial charge in [-0.3, -0.25) is 5.32 Å². The summed E-state index contributed by atoms with van der Waals surface area (Å²) in [6.45, 7) is 8.16. The molecule has 126 valence electrons. The van der Waals surface area contributed by atoms with Gasteiger partial charge in [-0.15, -0.1) is 0 Å². The Morgan fingerprint density at radius 2 is 2.13 bits per heavy atom. The van der Waals surface area contributed by atoms with Crippen LogP contribution in [0, 0.1) is 11.3 Å². The molecular weight excluding hydrogens is 294 g/mol. The second-order valence-corrected chi connectivity index (χ2v) is 4.86. The number of anilines is 2. The van der Waals surface area contributed by atoms with Crippen LogP contribution in [-0.2, 0) is 4.74 Å². The van der Waals surface area contributed by atoms with Gasteiger partial charge in [0.05, 0.1) is 31.4 Å². The quantitative estimate of drug-likeness (QED) is 0.749. The van der Waals surface area contributed by atoms with Crippen LogP contribution in [0.5, 0.6) is 5.75 Å². The van der Waals surface area contributed by atoms with Gasteiger partial charge in [0, 0.05) is 18.8 Å². The highest BCUT2D eigenvalue weighted by Crippen LogP contribution is 2.32. The fourth-order valence-corrected chi connectivity index (χ4v) is 2.10. The fraction of sp³-hybridized carbons (Fsp3) is 0.529. The van der Waals surface area contributed by atoms with Crippen LogP contribution in [-0.4, -0.2) is 32.4 Å². The zero-order valence-corrected chi connectivity index (χ0v) is 14.1. The Balaban J connectivity index is 2.96. The van der Waals surface area contributed by atoms with Crippen LogP contribution in [0.15, 0.2) is 18.2 Å². The van der Waals surface area contributed by atoms with E-state index in [2.05, 4.69) is 16.3 Å². The molecule has 23 heavy (non-hydrogen) atoms. The lowest BCUT2D eigenvalue weighted by atomic mass is 10.2. The summed E-state index contributed by atoms with van der Waals surface area (Å²) in [5.41, 5.74) is 1.50. The summed E-state index contributed by atoms with van der Waals surface area (Å²) in [5, 5.41) is 11.5. The van der Waals surface area contributed by atoms with Crippen molar-refractivity contribution in [1.82, 2.24) is 0 Å². The minimum Gasteiger partial charge on any atom is -0.492 e. The summed E-state index contributed by atoms with van der Waals surface area (Å²) in [5.74, 6) is 0.736. The number of amides is 1. The number of hydrogen-bond acceptors (Lipinski definition) is 5. The Kier molecular flexibility index (Phi) is 8.37. The Morgan fingerprint density at radius 1 is 1.35 bits per heavy atom. The first-order valence-electron chi connectivity index (χ1n) is 7.98. The third-order valence-corrected chi connectivity index (χ3v) is 3.16. The van der Waals surface area contributed by atoms with E-state index in [0.29, 0.717) is 31.9 Å². The van der Waals surface area contributed by atoms with Crippen LogP contribution in [0.4, 0.5) is 16.2 Å². The lowest BCUT2D eigenvalue weighted by molar-refractivity contribution is 0.161. The molecule has 6 nitrogen and oxygen atoms in total. The Morgan fingerprint density at radius 3 is 2.74 bits per heavy atom. The van der Waals surface area contributed by atoms with Gasteiger partial charge in [0.2, 0.25) is 0 Å². The first kappa shape index (κ1) is 18.6. The minimum absolute atomic E-state index is 0.388. The van der Waals surface area contributed by atoms with E-state index in [0.717, 1.165) is 24.4 Å². The molecule has 1 amide bonds. The summed E-state index contributed by atoms with van der Waals surface area (Å²) in [7, 11) is 0. The molecule has 0 aliphatic carbocycles. The third kappa shape index (κ3) is 6.07. The molecule has 0 aromatic heterocycles. The van der Waals surface area contributed by atoms with Gasteiger partial charge < -0.3 is 14.4 Å². The van der Waals surface area contributed by atoms with Crippen molar-refractivity contribution in [1.29, 1.82) is 5.26 Å². The topological polar surface area (TPSA) is 74.6 Å². The molecule has 0 radical (unpaired) electrons. The number of hydrogen-bond donors (Lipinski definition) is 1. The predicted octanol–water partition coefficient (Wildman–Crippen LogP) is 3.78. The first-order chi connectivity index (χ1) is 11.2. The van der Waals surface area contributed by atoms with E-state index in [1.165, 1.54) is 0 Å². The molecule has 0 saturated carbocycles. The summed E-state index contributed by atoms with van der Waals surface area (Å²) in [6, 6.07) is 7.60. The Labute approximate surface area is 138 Å². The fourth-order valence-electron chi connectivity index (χ4n) is 2.10. The molecule has 0 atom stereocenters. The standard InChI is InChI=1S/C17H25N3O3/c1-4-12-23-17(21)19-14-8-9-16(22-6-3)15(13-14)20(5-2)11-7-10-18/h8-9,13H,4-7,11-12H2,1-3H3,(H,19,21). The molecule has 0 aliphatic rings. The van der Waals surface area contributed by atoms with Crippen LogP contribution < -0.4 is 15.0 Å². The van der Waals surface area contributed by atoms with Crippen LogP contribution in [0.2, 0.25) is 0 Å². The van der Waals surface area contributed by atoms with E-state index in [1.807, 2.05) is 32.9 Å². The summed E-state index contributed by atoms with van der Waals surface area (Å²) in [4.78, 5) is 13.7.